The van der Waals surface area contributed by atoms with E-state index in [1.807, 2.05) is 6.07 Å². The van der Waals surface area contributed by atoms with E-state index in [1.54, 1.807) is 6.07 Å². The Hall–Kier alpha value is 2.21. The molecule has 0 fully saturated rings. The maximum atomic E-state index is 9.21. The minimum atomic E-state index is 0. The molecule has 0 bridgehead atoms. The van der Waals surface area contributed by atoms with Crippen molar-refractivity contribution >= 4 is 97.3 Å². The fraction of sp³-hybridized carbons (Fsp3) is 0. The minimum absolute atomic E-state index is 0. The van der Waals surface area contributed by atoms with Crippen molar-refractivity contribution in [3.8, 4) is 5.75 Å². The summed E-state index contributed by atoms with van der Waals surface area (Å²) >= 11 is 6.59. The van der Waals surface area contributed by atoms with Crippen molar-refractivity contribution < 1.29 is 5.11 Å². The molecule has 1 aromatic rings. The Morgan fingerprint density at radius 3 is 2.00 bits per heavy atom. The molecule has 0 aliphatic heterocycles. The summed E-state index contributed by atoms with van der Waals surface area (Å²) in [4.78, 5) is 0. The molecule has 1 nitrogen and oxygen atoms in total. The van der Waals surface area contributed by atoms with Gasteiger partial charge in [0.05, 0.1) is 3.57 Å². The molecule has 1 rings (SSSR count). The summed E-state index contributed by atoms with van der Waals surface area (Å²) in [6.45, 7) is 0. The first-order chi connectivity index (χ1) is 4.63. The summed E-state index contributed by atoms with van der Waals surface area (Å²) < 4.78 is 3.24. The Morgan fingerprint density at radius 1 is 1.00 bits per heavy atom. The molecular formula is C6H4I3NaO. The molecule has 0 aromatic heterocycles. The van der Waals surface area contributed by atoms with Crippen molar-refractivity contribution in [3.05, 3.63) is 22.8 Å². The molecule has 0 radical (unpaired) electrons. The average Bonchev–Trinajstić information content (AvgIpc) is 1.93. The molecule has 0 spiro atoms. The predicted octanol–water partition coefficient (Wildman–Crippen LogP) is 2.56. The first-order valence-corrected chi connectivity index (χ1v) is 5.69. The second-order valence-corrected chi connectivity index (χ2v) is 5.01. The van der Waals surface area contributed by atoms with Crippen LogP contribution in [0.2, 0.25) is 0 Å². The van der Waals surface area contributed by atoms with E-state index in [9.17, 15) is 5.11 Å². The van der Waals surface area contributed by atoms with Crippen molar-refractivity contribution in [2.75, 3.05) is 0 Å². The van der Waals surface area contributed by atoms with Crippen LogP contribution in [0.15, 0.2) is 12.1 Å². The Morgan fingerprint density at radius 2 is 1.55 bits per heavy atom. The Bertz CT molecular complexity index is 237. The van der Waals surface area contributed by atoms with Crippen LogP contribution in [0.5, 0.6) is 5.75 Å². The molecule has 0 aliphatic carbocycles. The second kappa shape index (κ2) is 5.84. The Balaban J connectivity index is 0.000001000. The molecule has 0 saturated heterocycles. The van der Waals surface area contributed by atoms with Crippen LogP contribution in [0.25, 0.3) is 0 Å². The molecule has 1 aromatic carbocycles. The van der Waals surface area contributed by atoms with E-state index in [0.29, 0.717) is 5.75 Å². The molecule has 5 heteroatoms. The van der Waals surface area contributed by atoms with Gasteiger partial charge in [-0.3, -0.25) is 0 Å². The molecule has 0 atom stereocenters. The van der Waals surface area contributed by atoms with E-state index >= 15 is 0 Å². The summed E-state index contributed by atoms with van der Waals surface area (Å²) in [5.41, 5.74) is 0. The molecular weight excluding hydrogens is 492 g/mol. The van der Waals surface area contributed by atoms with Crippen LogP contribution in [0, 0.1) is 10.7 Å². The zero-order valence-electron chi connectivity index (χ0n) is 4.74. The van der Waals surface area contributed by atoms with Crippen LogP contribution in [0.1, 0.15) is 0 Å². The number of hydrogen-bond acceptors (Lipinski definition) is 1. The van der Waals surface area contributed by atoms with Gasteiger partial charge in [-0.2, -0.15) is 0 Å². The van der Waals surface area contributed by atoms with Gasteiger partial charge >= 0.3 is 29.6 Å². The Labute approximate surface area is 128 Å². The van der Waals surface area contributed by atoms with Gasteiger partial charge in [0.25, 0.3) is 0 Å². The monoisotopic (exact) mass is 496 g/mol. The topological polar surface area (TPSA) is 20.2 Å². The quantitative estimate of drug-likeness (QED) is 0.333. The predicted molar refractivity (Wildman–Crippen MR) is 73.4 cm³/mol. The van der Waals surface area contributed by atoms with Crippen LogP contribution in [-0.2, 0) is 0 Å². The zero-order chi connectivity index (χ0) is 7.72. The summed E-state index contributed by atoms with van der Waals surface area (Å²) in [7, 11) is 0. The van der Waals surface area contributed by atoms with Gasteiger partial charge in [0.2, 0.25) is 0 Å². The molecule has 0 amide bonds. The number of rotatable bonds is 0. The van der Waals surface area contributed by atoms with Gasteiger partial charge in [0, 0.05) is 7.14 Å². The first kappa shape index (κ1) is 13.2. The van der Waals surface area contributed by atoms with Crippen LogP contribution in [-0.4, -0.2) is 34.7 Å². The average molecular weight is 496 g/mol. The third-order valence-corrected chi connectivity index (χ3v) is 6.19. The molecule has 11 heavy (non-hydrogen) atoms. The van der Waals surface area contributed by atoms with Gasteiger partial charge in [-0.1, -0.05) is 0 Å². The number of benzene rings is 1. The number of phenols is 1. The summed E-state index contributed by atoms with van der Waals surface area (Å²) in [5, 5.41) is 9.21. The molecule has 0 saturated carbocycles. The van der Waals surface area contributed by atoms with E-state index in [2.05, 4.69) is 67.8 Å². The van der Waals surface area contributed by atoms with E-state index in [1.165, 1.54) is 3.57 Å². The van der Waals surface area contributed by atoms with E-state index in [4.69, 9.17) is 0 Å². The third kappa shape index (κ3) is 3.45. The van der Waals surface area contributed by atoms with Gasteiger partial charge in [-0.05, 0) is 79.9 Å². The second-order valence-electron chi connectivity index (χ2n) is 1.69. The Kier molecular flexibility index (Phi) is 7.01. The van der Waals surface area contributed by atoms with Crippen LogP contribution in [0.3, 0.4) is 0 Å². The van der Waals surface area contributed by atoms with Crippen molar-refractivity contribution in [1.82, 2.24) is 0 Å². The summed E-state index contributed by atoms with van der Waals surface area (Å²) in [6.07, 6.45) is 0. The van der Waals surface area contributed by atoms with Gasteiger partial charge < -0.3 is 5.11 Å². The SMILES string of the molecule is Oc1ccc(I)c(I)c1I.[NaH]. The molecule has 1 N–H and O–H groups in total. The number of phenolic OH excluding ortho intramolecular Hbond substituents is 1. The molecule has 0 heterocycles. The van der Waals surface area contributed by atoms with Crippen molar-refractivity contribution in [3.63, 3.8) is 0 Å². The van der Waals surface area contributed by atoms with Crippen LogP contribution >= 0.6 is 67.8 Å². The maximum absolute atomic E-state index is 9.21. The van der Waals surface area contributed by atoms with Gasteiger partial charge in [-0.25, -0.2) is 0 Å². The first-order valence-electron chi connectivity index (χ1n) is 2.45. The standard InChI is InChI=1S/C6H3I3O.Na.H/c7-3-1-2-4(10)6(9)5(3)8;;/h1-2,10H;;. The third-order valence-electron chi connectivity index (χ3n) is 1.01. The van der Waals surface area contributed by atoms with E-state index < -0.39 is 0 Å². The fourth-order valence-electron chi connectivity index (χ4n) is 0.516. The van der Waals surface area contributed by atoms with E-state index in [-0.39, 0.29) is 29.6 Å². The fourth-order valence-corrected chi connectivity index (χ4v) is 2.41. The zero-order valence-corrected chi connectivity index (χ0v) is 11.2. The van der Waals surface area contributed by atoms with Crippen LogP contribution in [0.4, 0.5) is 0 Å². The molecule has 0 aliphatic rings. The summed E-state index contributed by atoms with van der Waals surface area (Å²) in [5.74, 6) is 0.366. The van der Waals surface area contributed by atoms with Gasteiger partial charge in [-0.15, -0.1) is 0 Å². The number of halogens is 3. The molecule has 0 unspecified atom stereocenters. The normalized spacial score (nSPS) is 9.00. The number of aromatic hydroxyl groups is 1. The van der Waals surface area contributed by atoms with Crippen molar-refractivity contribution in [2.45, 2.75) is 0 Å². The number of hydrogen-bond donors (Lipinski definition) is 1. The van der Waals surface area contributed by atoms with Crippen molar-refractivity contribution in [2.24, 2.45) is 0 Å². The van der Waals surface area contributed by atoms with Gasteiger partial charge in [0.1, 0.15) is 5.75 Å². The summed E-state index contributed by atoms with van der Waals surface area (Å²) in [6, 6.07) is 3.62. The van der Waals surface area contributed by atoms with Crippen LogP contribution < -0.4 is 0 Å². The van der Waals surface area contributed by atoms with E-state index in [0.717, 1.165) is 7.14 Å². The van der Waals surface area contributed by atoms with Crippen molar-refractivity contribution in [1.29, 1.82) is 0 Å². The van der Waals surface area contributed by atoms with Gasteiger partial charge in [0.15, 0.2) is 0 Å². The molecule has 56 valence electrons.